The summed E-state index contributed by atoms with van der Waals surface area (Å²) in [6, 6.07) is 5.82. The average molecular weight is 276 g/mol. The Morgan fingerprint density at radius 3 is 2.69 bits per heavy atom. The maximum atomic E-state index is 5.99. The Balaban J connectivity index is 2.34. The minimum atomic E-state index is 0.0498. The Morgan fingerprint density at radius 2 is 2.19 bits per heavy atom. The van der Waals surface area contributed by atoms with Crippen molar-refractivity contribution in [1.82, 2.24) is 5.32 Å². The van der Waals surface area contributed by atoms with Crippen molar-refractivity contribution in [2.75, 3.05) is 6.54 Å². The summed E-state index contributed by atoms with van der Waals surface area (Å²) in [5, 5.41) is 3.79. The van der Waals surface area contributed by atoms with E-state index in [1.54, 1.807) is 17.6 Å². The highest BCUT2D eigenvalue weighted by Crippen LogP contribution is 2.34. The molecular formula is C11H11Cl2NOS. The molecule has 16 heavy (non-hydrogen) atoms. The van der Waals surface area contributed by atoms with Gasteiger partial charge in [0.05, 0.1) is 16.6 Å². The van der Waals surface area contributed by atoms with Crippen molar-refractivity contribution in [1.29, 1.82) is 0 Å². The molecule has 0 bridgehead atoms. The van der Waals surface area contributed by atoms with Crippen LogP contribution in [-0.2, 0) is 0 Å². The molecule has 2 heterocycles. The number of hydrogen-bond donors (Lipinski definition) is 1. The quantitative estimate of drug-likeness (QED) is 0.898. The van der Waals surface area contributed by atoms with E-state index in [1.807, 2.05) is 18.2 Å². The van der Waals surface area contributed by atoms with E-state index in [4.69, 9.17) is 27.6 Å². The molecule has 0 radical (unpaired) electrons. The standard InChI is InChI=1S/C11H11Cl2NOS/c1-2-14-10(7-5-6-15-11(7)13)8-3-4-9(12)16-8/h3-6,10,14H,2H2,1H3. The highest BCUT2D eigenvalue weighted by molar-refractivity contribution is 7.16. The summed E-state index contributed by atoms with van der Waals surface area (Å²) in [4.78, 5) is 1.13. The zero-order valence-corrected chi connectivity index (χ0v) is 11.0. The van der Waals surface area contributed by atoms with E-state index in [0.29, 0.717) is 5.22 Å². The largest absolute Gasteiger partial charge is 0.453 e. The van der Waals surface area contributed by atoms with E-state index in [9.17, 15) is 0 Å². The van der Waals surface area contributed by atoms with E-state index in [1.165, 1.54) is 0 Å². The minimum absolute atomic E-state index is 0.0498. The fourth-order valence-electron chi connectivity index (χ4n) is 1.56. The van der Waals surface area contributed by atoms with E-state index in [-0.39, 0.29) is 6.04 Å². The number of hydrogen-bond acceptors (Lipinski definition) is 3. The summed E-state index contributed by atoms with van der Waals surface area (Å²) >= 11 is 13.5. The van der Waals surface area contributed by atoms with Crippen molar-refractivity contribution in [3.63, 3.8) is 0 Å². The molecular weight excluding hydrogens is 265 g/mol. The lowest BCUT2D eigenvalue weighted by Crippen LogP contribution is -2.20. The van der Waals surface area contributed by atoms with Crippen LogP contribution in [0.3, 0.4) is 0 Å². The summed E-state index contributed by atoms with van der Waals surface area (Å²) in [5.41, 5.74) is 0.946. The van der Waals surface area contributed by atoms with Crippen molar-refractivity contribution in [3.8, 4) is 0 Å². The van der Waals surface area contributed by atoms with Crippen LogP contribution in [0.2, 0.25) is 9.56 Å². The molecule has 0 aromatic carbocycles. The third-order valence-electron chi connectivity index (χ3n) is 2.24. The zero-order valence-electron chi connectivity index (χ0n) is 8.67. The minimum Gasteiger partial charge on any atom is -0.453 e. The fraction of sp³-hybridized carbons (Fsp3) is 0.273. The van der Waals surface area contributed by atoms with Crippen LogP contribution in [0.4, 0.5) is 0 Å². The third-order valence-corrected chi connectivity index (χ3v) is 3.85. The molecule has 0 aliphatic heterocycles. The second-order valence-corrected chi connectivity index (χ2v) is 5.37. The highest BCUT2D eigenvalue weighted by atomic mass is 35.5. The molecule has 2 nitrogen and oxygen atoms in total. The van der Waals surface area contributed by atoms with E-state index < -0.39 is 0 Å². The van der Waals surface area contributed by atoms with Gasteiger partial charge in [-0.3, -0.25) is 0 Å². The Hall–Kier alpha value is -0.480. The molecule has 1 atom stereocenters. The van der Waals surface area contributed by atoms with Gasteiger partial charge in [-0.1, -0.05) is 18.5 Å². The lowest BCUT2D eigenvalue weighted by molar-refractivity contribution is 0.556. The normalized spacial score (nSPS) is 12.9. The van der Waals surface area contributed by atoms with Crippen molar-refractivity contribution in [2.24, 2.45) is 0 Å². The molecule has 86 valence electrons. The summed E-state index contributed by atoms with van der Waals surface area (Å²) in [6.45, 7) is 2.90. The molecule has 0 amide bonds. The van der Waals surface area contributed by atoms with Crippen LogP contribution in [0, 0.1) is 0 Å². The van der Waals surface area contributed by atoms with Crippen LogP contribution in [-0.4, -0.2) is 6.54 Å². The average Bonchev–Trinajstić information content (AvgIpc) is 2.84. The maximum Gasteiger partial charge on any atom is 0.198 e. The van der Waals surface area contributed by atoms with Gasteiger partial charge >= 0.3 is 0 Å². The summed E-state index contributed by atoms with van der Waals surface area (Å²) in [5.74, 6) is 0. The first-order valence-corrected chi connectivity index (χ1v) is 6.51. The van der Waals surface area contributed by atoms with Gasteiger partial charge in [-0.2, -0.15) is 0 Å². The van der Waals surface area contributed by atoms with Crippen molar-refractivity contribution < 1.29 is 4.42 Å². The van der Waals surface area contributed by atoms with Gasteiger partial charge in [-0.25, -0.2) is 0 Å². The molecule has 1 unspecified atom stereocenters. The molecule has 2 rings (SSSR count). The molecule has 0 saturated heterocycles. The number of halogens is 2. The van der Waals surface area contributed by atoms with E-state index in [2.05, 4.69) is 12.2 Å². The van der Waals surface area contributed by atoms with Crippen LogP contribution in [0.15, 0.2) is 28.9 Å². The molecule has 2 aromatic heterocycles. The first-order chi connectivity index (χ1) is 7.72. The lowest BCUT2D eigenvalue weighted by Gasteiger charge is -2.14. The second kappa shape index (κ2) is 5.23. The fourth-order valence-corrected chi connectivity index (χ4v) is 2.94. The summed E-state index contributed by atoms with van der Waals surface area (Å²) < 4.78 is 5.89. The van der Waals surface area contributed by atoms with Gasteiger partial charge < -0.3 is 9.73 Å². The molecule has 0 aliphatic rings. The predicted molar refractivity (Wildman–Crippen MR) is 68.6 cm³/mol. The molecule has 0 saturated carbocycles. The molecule has 0 spiro atoms. The first kappa shape index (κ1) is 12.0. The Kier molecular flexibility index (Phi) is 3.92. The van der Waals surface area contributed by atoms with Crippen LogP contribution >= 0.6 is 34.5 Å². The topological polar surface area (TPSA) is 25.2 Å². The number of nitrogens with one attached hydrogen (secondary N) is 1. The van der Waals surface area contributed by atoms with Gasteiger partial charge in [0.2, 0.25) is 0 Å². The van der Waals surface area contributed by atoms with Gasteiger partial charge in [-0.15, -0.1) is 11.3 Å². The monoisotopic (exact) mass is 275 g/mol. The molecule has 5 heteroatoms. The number of rotatable bonds is 4. The smallest absolute Gasteiger partial charge is 0.198 e. The van der Waals surface area contributed by atoms with Gasteiger partial charge in [-0.05, 0) is 36.3 Å². The van der Waals surface area contributed by atoms with E-state index in [0.717, 1.165) is 21.3 Å². The number of thiophene rings is 1. The van der Waals surface area contributed by atoms with Crippen molar-refractivity contribution >= 4 is 34.5 Å². The van der Waals surface area contributed by atoms with E-state index >= 15 is 0 Å². The van der Waals surface area contributed by atoms with Crippen LogP contribution in [0.5, 0.6) is 0 Å². The highest BCUT2D eigenvalue weighted by Gasteiger charge is 2.19. The SMILES string of the molecule is CCNC(c1ccc(Cl)s1)c1ccoc1Cl. The summed E-state index contributed by atoms with van der Waals surface area (Å²) in [6.07, 6.45) is 1.59. The van der Waals surface area contributed by atoms with Gasteiger partial charge in [0, 0.05) is 10.4 Å². The van der Waals surface area contributed by atoms with Crippen LogP contribution < -0.4 is 5.32 Å². The predicted octanol–water partition coefficient (Wildman–Crippen LogP) is 4.35. The second-order valence-electron chi connectivity index (χ2n) is 3.28. The van der Waals surface area contributed by atoms with Crippen LogP contribution in [0.1, 0.15) is 23.4 Å². The van der Waals surface area contributed by atoms with Gasteiger partial charge in [0.25, 0.3) is 0 Å². The van der Waals surface area contributed by atoms with Crippen molar-refractivity contribution in [3.05, 3.63) is 44.5 Å². The molecule has 1 N–H and O–H groups in total. The Bertz CT molecular complexity index is 466. The molecule has 0 fully saturated rings. The number of furan rings is 1. The third kappa shape index (κ3) is 2.43. The van der Waals surface area contributed by atoms with Crippen LogP contribution in [0.25, 0.3) is 0 Å². The Labute approximate surface area is 108 Å². The molecule has 2 aromatic rings. The first-order valence-electron chi connectivity index (χ1n) is 4.94. The summed E-state index contributed by atoms with van der Waals surface area (Å²) in [7, 11) is 0. The zero-order chi connectivity index (χ0) is 11.5. The maximum absolute atomic E-state index is 5.99. The van der Waals surface area contributed by atoms with Crippen molar-refractivity contribution in [2.45, 2.75) is 13.0 Å². The molecule has 0 aliphatic carbocycles. The van der Waals surface area contributed by atoms with Gasteiger partial charge in [0.1, 0.15) is 0 Å². The lowest BCUT2D eigenvalue weighted by atomic mass is 10.1. The Morgan fingerprint density at radius 1 is 1.38 bits per heavy atom. The van der Waals surface area contributed by atoms with Gasteiger partial charge in [0.15, 0.2) is 5.22 Å².